The number of hydrogen-bond donors (Lipinski definition) is 5. The molecule has 3 heterocycles. The van der Waals surface area contributed by atoms with Gasteiger partial charge in [0, 0.05) is 6.20 Å². The standard InChI is InChI=1S/C12H15ClN4O5/c1-12(20)8(19)6(3-18)22-11(12)17-2-5(13)7-9(16-21)14-4-15-10(7)17/h2,4,6,8,11,18-21H,3H2,1H3,(H,14,15,16). The molecule has 3 rings (SSSR count). The first kappa shape index (κ1) is 15.4. The van der Waals surface area contributed by atoms with Crippen LogP contribution in [0, 0.1) is 0 Å². The molecule has 4 atom stereocenters. The number of nitrogens with one attached hydrogen (secondary N) is 1. The Morgan fingerprint density at radius 3 is 2.82 bits per heavy atom. The van der Waals surface area contributed by atoms with Gasteiger partial charge in [-0.2, -0.15) is 0 Å². The monoisotopic (exact) mass is 330 g/mol. The first-order valence-electron chi connectivity index (χ1n) is 6.49. The van der Waals surface area contributed by atoms with Gasteiger partial charge < -0.3 is 24.6 Å². The summed E-state index contributed by atoms with van der Waals surface area (Å²) in [6, 6.07) is 0. The third-order valence-corrected chi connectivity index (χ3v) is 4.14. The van der Waals surface area contributed by atoms with Crippen LogP contribution in [0.1, 0.15) is 13.2 Å². The van der Waals surface area contributed by atoms with Crippen molar-refractivity contribution in [1.29, 1.82) is 0 Å². The van der Waals surface area contributed by atoms with Gasteiger partial charge in [-0.05, 0) is 6.92 Å². The van der Waals surface area contributed by atoms with Crippen molar-refractivity contribution in [2.75, 3.05) is 12.1 Å². The molecule has 9 nitrogen and oxygen atoms in total. The highest BCUT2D eigenvalue weighted by molar-refractivity contribution is 6.36. The highest BCUT2D eigenvalue weighted by atomic mass is 35.5. The zero-order valence-corrected chi connectivity index (χ0v) is 12.3. The summed E-state index contributed by atoms with van der Waals surface area (Å²) in [5.41, 5.74) is 0.555. The Labute approximate surface area is 129 Å². The summed E-state index contributed by atoms with van der Waals surface area (Å²) in [6.45, 7) is 0.948. The van der Waals surface area contributed by atoms with E-state index in [4.69, 9.17) is 21.5 Å². The fraction of sp³-hybridized carbons (Fsp3) is 0.500. The number of hydrogen-bond acceptors (Lipinski definition) is 8. The van der Waals surface area contributed by atoms with E-state index in [9.17, 15) is 15.3 Å². The Balaban J connectivity index is 2.15. The summed E-state index contributed by atoms with van der Waals surface area (Å²) in [4.78, 5) is 7.92. The van der Waals surface area contributed by atoms with Crippen LogP contribution < -0.4 is 5.48 Å². The molecule has 0 saturated carbocycles. The first-order valence-corrected chi connectivity index (χ1v) is 6.87. The molecule has 1 aliphatic rings. The second-order valence-corrected chi connectivity index (χ2v) is 5.70. The smallest absolute Gasteiger partial charge is 0.167 e. The van der Waals surface area contributed by atoms with Crippen molar-refractivity contribution in [1.82, 2.24) is 14.5 Å². The number of anilines is 1. The molecule has 0 radical (unpaired) electrons. The lowest BCUT2D eigenvalue weighted by Crippen LogP contribution is -2.44. The highest BCUT2D eigenvalue weighted by Gasteiger charge is 2.53. The molecule has 2 aromatic heterocycles. The summed E-state index contributed by atoms with van der Waals surface area (Å²) in [5.74, 6) is 0.102. The number of aliphatic hydroxyl groups is 3. The van der Waals surface area contributed by atoms with Crippen LogP contribution in [0.15, 0.2) is 12.5 Å². The number of fused-ring (bicyclic) bond motifs is 1. The van der Waals surface area contributed by atoms with Crippen LogP contribution in [0.5, 0.6) is 0 Å². The van der Waals surface area contributed by atoms with E-state index in [1.807, 2.05) is 5.48 Å². The Morgan fingerprint density at radius 2 is 2.23 bits per heavy atom. The van der Waals surface area contributed by atoms with Crippen molar-refractivity contribution in [3.8, 4) is 0 Å². The number of rotatable bonds is 3. The molecule has 1 saturated heterocycles. The van der Waals surface area contributed by atoms with Crippen molar-refractivity contribution >= 4 is 28.5 Å². The van der Waals surface area contributed by atoms with Gasteiger partial charge in [0.05, 0.1) is 17.0 Å². The Hall–Kier alpha value is -1.49. The van der Waals surface area contributed by atoms with Crippen LogP contribution in [-0.2, 0) is 4.74 Å². The van der Waals surface area contributed by atoms with Crippen LogP contribution in [0.3, 0.4) is 0 Å². The van der Waals surface area contributed by atoms with E-state index < -0.39 is 30.6 Å². The summed E-state index contributed by atoms with van der Waals surface area (Å²) >= 11 is 6.14. The quantitative estimate of drug-likeness (QED) is 0.492. The molecule has 1 fully saturated rings. The molecule has 0 aromatic carbocycles. The maximum atomic E-state index is 10.5. The third-order valence-electron chi connectivity index (χ3n) is 3.86. The molecular formula is C12H15ClN4O5. The molecule has 0 bridgehead atoms. The zero-order chi connectivity index (χ0) is 16.1. The molecule has 1 aliphatic heterocycles. The van der Waals surface area contributed by atoms with E-state index in [2.05, 4.69) is 9.97 Å². The number of ether oxygens (including phenoxy) is 1. The van der Waals surface area contributed by atoms with Gasteiger partial charge in [0.2, 0.25) is 0 Å². The molecule has 10 heteroatoms. The molecule has 0 spiro atoms. The SMILES string of the molecule is CC1(O)C(O)C(CO)OC1n1cc(Cl)c2c(NO)ncnc21. The first-order chi connectivity index (χ1) is 10.4. The Bertz CT molecular complexity index is 706. The molecule has 22 heavy (non-hydrogen) atoms. The van der Waals surface area contributed by atoms with Crippen molar-refractivity contribution in [3.05, 3.63) is 17.5 Å². The number of nitrogens with zero attached hydrogens (tertiary/aromatic N) is 3. The van der Waals surface area contributed by atoms with Gasteiger partial charge >= 0.3 is 0 Å². The predicted octanol–water partition coefficient (Wildman–Crippen LogP) is -0.113. The van der Waals surface area contributed by atoms with Crippen LogP contribution >= 0.6 is 11.6 Å². The summed E-state index contributed by atoms with van der Waals surface area (Å²) in [5, 5.41) is 39.5. The number of halogens is 1. The number of aliphatic hydroxyl groups excluding tert-OH is 2. The zero-order valence-electron chi connectivity index (χ0n) is 11.5. The molecule has 120 valence electrons. The minimum absolute atomic E-state index is 0.102. The van der Waals surface area contributed by atoms with E-state index >= 15 is 0 Å². The van der Waals surface area contributed by atoms with Gasteiger partial charge in [0.1, 0.15) is 29.8 Å². The van der Waals surface area contributed by atoms with Crippen molar-refractivity contribution < 1.29 is 25.3 Å². The molecule has 0 aliphatic carbocycles. The van der Waals surface area contributed by atoms with Crippen LogP contribution in [-0.4, -0.2) is 59.5 Å². The van der Waals surface area contributed by atoms with Crippen molar-refractivity contribution in [3.63, 3.8) is 0 Å². The van der Waals surface area contributed by atoms with Gasteiger partial charge in [0.15, 0.2) is 12.0 Å². The Kier molecular flexibility index (Phi) is 3.71. The lowest BCUT2D eigenvalue weighted by Gasteiger charge is -2.27. The fourth-order valence-electron chi connectivity index (χ4n) is 2.69. The van der Waals surface area contributed by atoms with Gasteiger partial charge in [-0.25, -0.2) is 9.97 Å². The van der Waals surface area contributed by atoms with E-state index in [1.165, 1.54) is 24.0 Å². The minimum atomic E-state index is -1.67. The average Bonchev–Trinajstić information content (AvgIpc) is 2.95. The topological polar surface area (TPSA) is 133 Å². The second-order valence-electron chi connectivity index (χ2n) is 5.30. The van der Waals surface area contributed by atoms with E-state index in [0.29, 0.717) is 11.0 Å². The lowest BCUT2D eigenvalue weighted by atomic mass is 9.96. The highest BCUT2D eigenvalue weighted by Crippen LogP contribution is 2.41. The lowest BCUT2D eigenvalue weighted by molar-refractivity contribution is -0.0948. The van der Waals surface area contributed by atoms with Gasteiger partial charge in [-0.15, -0.1) is 0 Å². The average molecular weight is 331 g/mol. The Morgan fingerprint density at radius 1 is 1.50 bits per heavy atom. The fourth-order valence-corrected chi connectivity index (χ4v) is 2.97. The van der Waals surface area contributed by atoms with Crippen LogP contribution in [0.4, 0.5) is 5.82 Å². The van der Waals surface area contributed by atoms with Crippen LogP contribution in [0.25, 0.3) is 11.0 Å². The second kappa shape index (κ2) is 5.30. The molecule has 5 N–H and O–H groups in total. The summed E-state index contributed by atoms with van der Waals surface area (Å²) < 4.78 is 6.96. The van der Waals surface area contributed by atoms with Crippen molar-refractivity contribution in [2.24, 2.45) is 0 Å². The number of aromatic nitrogens is 3. The van der Waals surface area contributed by atoms with E-state index in [-0.39, 0.29) is 10.8 Å². The molecule has 2 aromatic rings. The van der Waals surface area contributed by atoms with E-state index in [0.717, 1.165) is 0 Å². The minimum Gasteiger partial charge on any atom is -0.394 e. The van der Waals surface area contributed by atoms with Crippen LogP contribution in [0.2, 0.25) is 5.02 Å². The predicted molar refractivity (Wildman–Crippen MR) is 75.6 cm³/mol. The largest absolute Gasteiger partial charge is 0.394 e. The van der Waals surface area contributed by atoms with Crippen molar-refractivity contribution in [2.45, 2.75) is 31.0 Å². The maximum Gasteiger partial charge on any atom is 0.167 e. The molecular weight excluding hydrogens is 316 g/mol. The maximum absolute atomic E-state index is 10.5. The third kappa shape index (κ3) is 2.06. The van der Waals surface area contributed by atoms with Gasteiger partial charge in [-0.3, -0.25) is 10.7 Å². The molecule has 4 unspecified atom stereocenters. The van der Waals surface area contributed by atoms with E-state index in [1.54, 1.807) is 0 Å². The summed E-state index contributed by atoms with van der Waals surface area (Å²) in [6.07, 6.45) is -0.578. The normalized spacial score (nSPS) is 31.8. The van der Waals surface area contributed by atoms with Gasteiger partial charge in [-0.1, -0.05) is 11.6 Å². The van der Waals surface area contributed by atoms with Gasteiger partial charge in [0.25, 0.3) is 0 Å². The summed E-state index contributed by atoms with van der Waals surface area (Å²) in [7, 11) is 0. The molecule has 0 amide bonds.